The fraction of sp³-hybridized carbons (Fsp3) is 0.216. The second-order valence-electron chi connectivity index (χ2n) is 12.4. The van der Waals surface area contributed by atoms with Gasteiger partial charge in [0.25, 0.3) is 0 Å². The number of anilines is 2. The summed E-state index contributed by atoms with van der Waals surface area (Å²) in [6.07, 6.45) is 0. The Morgan fingerprint density at radius 2 is 1.54 bits per heavy atom. The van der Waals surface area contributed by atoms with Crippen molar-refractivity contribution >= 4 is 79.9 Å². The zero-order valence-electron chi connectivity index (χ0n) is 27.9. The molecule has 0 saturated heterocycles. The number of nitrogens with one attached hydrogen (secondary N) is 2. The summed E-state index contributed by atoms with van der Waals surface area (Å²) in [6.45, 7) is 8.66. The summed E-state index contributed by atoms with van der Waals surface area (Å²) in [5.74, 6) is 1.38. The standard InChI is InChI=1S/C37H35ClN6O3S3/c1-23-10-13-25(18-29(23)38)39-34(46)22-49-36-41-30-17-14-26(19-31(30)50-36)40-33(45)21-48-35-43-42-32(44(35)27-8-6-5-7-9-27)20-47-28-15-11-24(12-16-28)37(2,3)4/h5-19H,20-22H2,1-4H3,(H,39,46)(H,40,45). The number of carbonyl (C=O) groups is 2. The SMILES string of the molecule is Cc1ccc(NC(=O)CSc2nc3ccc(NC(=O)CSc4nnc(COc5ccc(C(C)(C)C)cc5)n4-c4ccccc4)cc3s2)cc1Cl. The summed E-state index contributed by atoms with van der Waals surface area (Å²) in [6, 6.07) is 28.9. The number of carbonyl (C=O) groups excluding carboxylic acids is 2. The van der Waals surface area contributed by atoms with Crippen molar-refractivity contribution in [2.24, 2.45) is 0 Å². The number of hydrogen-bond acceptors (Lipinski definition) is 9. The van der Waals surface area contributed by atoms with Crippen LogP contribution in [0.25, 0.3) is 15.9 Å². The molecule has 0 fully saturated rings. The van der Waals surface area contributed by atoms with Crippen molar-refractivity contribution in [3.8, 4) is 11.4 Å². The topological polar surface area (TPSA) is 111 Å². The Hall–Kier alpha value is -4.36. The fourth-order valence-corrected chi connectivity index (χ4v) is 7.75. The average molecular weight is 743 g/mol. The van der Waals surface area contributed by atoms with E-state index >= 15 is 0 Å². The lowest BCUT2D eigenvalue weighted by Crippen LogP contribution is -2.14. The predicted octanol–water partition coefficient (Wildman–Crippen LogP) is 9.18. The third-order valence-corrected chi connectivity index (χ3v) is 11.1. The zero-order valence-corrected chi connectivity index (χ0v) is 31.1. The predicted molar refractivity (Wildman–Crippen MR) is 205 cm³/mol. The molecule has 0 unspecified atom stereocenters. The van der Waals surface area contributed by atoms with E-state index in [9.17, 15) is 9.59 Å². The molecule has 0 aliphatic rings. The van der Waals surface area contributed by atoms with Gasteiger partial charge in [0.05, 0.1) is 21.7 Å². The van der Waals surface area contributed by atoms with Gasteiger partial charge in [0, 0.05) is 22.1 Å². The van der Waals surface area contributed by atoms with Crippen LogP contribution in [0.4, 0.5) is 11.4 Å². The molecule has 13 heteroatoms. The number of ether oxygens (including phenoxy) is 1. The molecule has 4 aromatic carbocycles. The van der Waals surface area contributed by atoms with E-state index in [0.717, 1.165) is 31.6 Å². The minimum Gasteiger partial charge on any atom is -0.486 e. The second kappa shape index (κ2) is 15.7. The summed E-state index contributed by atoms with van der Waals surface area (Å²) in [5, 5.41) is 15.9. The molecular weight excluding hydrogens is 708 g/mol. The van der Waals surface area contributed by atoms with Gasteiger partial charge in [-0.25, -0.2) is 4.98 Å². The van der Waals surface area contributed by atoms with E-state index in [-0.39, 0.29) is 35.3 Å². The van der Waals surface area contributed by atoms with E-state index in [1.807, 2.05) is 84.3 Å². The van der Waals surface area contributed by atoms with E-state index < -0.39 is 0 Å². The van der Waals surface area contributed by atoms with Gasteiger partial charge < -0.3 is 15.4 Å². The molecule has 9 nitrogen and oxygen atoms in total. The molecule has 0 bridgehead atoms. The largest absolute Gasteiger partial charge is 0.486 e. The Bertz CT molecular complexity index is 2130. The van der Waals surface area contributed by atoms with Gasteiger partial charge >= 0.3 is 0 Å². The minimum absolute atomic E-state index is 0.0562. The van der Waals surface area contributed by atoms with Crippen LogP contribution in [-0.2, 0) is 21.6 Å². The van der Waals surface area contributed by atoms with Crippen molar-refractivity contribution in [1.29, 1.82) is 0 Å². The first-order valence-electron chi connectivity index (χ1n) is 15.8. The van der Waals surface area contributed by atoms with Gasteiger partial charge in [0.2, 0.25) is 11.8 Å². The van der Waals surface area contributed by atoms with Crippen LogP contribution in [0.5, 0.6) is 5.75 Å². The van der Waals surface area contributed by atoms with E-state index in [4.69, 9.17) is 16.3 Å². The van der Waals surface area contributed by atoms with Gasteiger partial charge in [0.1, 0.15) is 12.4 Å². The third kappa shape index (κ3) is 9.05. The molecule has 2 N–H and O–H groups in total. The molecular formula is C37H35ClN6O3S3. The summed E-state index contributed by atoms with van der Waals surface area (Å²) in [5.41, 5.74) is 5.22. The van der Waals surface area contributed by atoms with Gasteiger partial charge in [-0.2, -0.15) is 0 Å². The van der Waals surface area contributed by atoms with Gasteiger partial charge in [-0.3, -0.25) is 14.2 Å². The molecule has 0 atom stereocenters. The maximum absolute atomic E-state index is 13.1. The van der Waals surface area contributed by atoms with Crippen LogP contribution in [0.2, 0.25) is 5.02 Å². The second-order valence-corrected chi connectivity index (χ2v) is 16.0. The number of benzene rings is 4. The van der Waals surface area contributed by atoms with Crippen molar-refractivity contribution in [2.75, 3.05) is 22.1 Å². The van der Waals surface area contributed by atoms with E-state index in [1.54, 1.807) is 6.07 Å². The summed E-state index contributed by atoms with van der Waals surface area (Å²) in [4.78, 5) is 30.2. The Morgan fingerprint density at radius 1 is 0.860 bits per heavy atom. The lowest BCUT2D eigenvalue weighted by molar-refractivity contribution is -0.114. The number of para-hydroxylation sites is 1. The third-order valence-electron chi connectivity index (χ3n) is 7.57. The minimum atomic E-state index is -0.180. The van der Waals surface area contributed by atoms with Crippen molar-refractivity contribution in [2.45, 2.75) is 49.2 Å². The molecule has 0 aliphatic heterocycles. The first-order valence-corrected chi connectivity index (χ1v) is 18.9. The Labute approximate surface area is 308 Å². The van der Waals surface area contributed by atoms with Gasteiger partial charge in [0.15, 0.2) is 15.3 Å². The molecule has 6 aromatic rings. The van der Waals surface area contributed by atoms with Crippen LogP contribution < -0.4 is 15.4 Å². The van der Waals surface area contributed by atoms with Crippen molar-refractivity contribution < 1.29 is 14.3 Å². The molecule has 2 amide bonds. The highest BCUT2D eigenvalue weighted by molar-refractivity contribution is 8.01. The highest BCUT2D eigenvalue weighted by Gasteiger charge is 2.18. The van der Waals surface area contributed by atoms with E-state index in [0.29, 0.717) is 27.4 Å². The van der Waals surface area contributed by atoms with E-state index in [1.165, 1.54) is 40.4 Å². The lowest BCUT2D eigenvalue weighted by atomic mass is 9.87. The number of fused-ring (bicyclic) bond motifs is 1. The van der Waals surface area contributed by atoms with Crippen molar-refractivity contribution in [3.05, 3.63) is 113 Å². The fourth-order valence-electron chi connectivity index (χ4n) is 4.89. The molecule has 2 aromatic heterocycles. The summed E-state index contributed by atoms with van der Waals surface area (Å²) in [7, 11) is 0. The van der Waals surface area contributed by atoms with Crippen LogP contribution in [-0.4, -0.2) is 43.1 Å². The number of thiazole rings is 1. The molecule has 0 radical (unpaired) electrons. The molecule has 0 aliphatic carbocycles. The van der Waals surface area contributed by atoms with Crippen LogP contribution in [0.1, 0.15) is 37.7 Å². The maximum atomic E-state index is 13.1. The molecule has 6 rings (SSSR count). The Balaban J connectivity index is 1.06. The number of nitrogens with zero attached hydrogens (tertiary/aromatic N) is 4. The first kappa shape index (κ1) is 35.5. The maximum Gasteiger partial charge on any atom is 0.234 e. The number of halogens is 1. The highest BCUT2D eigenvalue weighted by Crippen LogP contribution is 2.32. The molecule has 2 heterocycles. The molecule has 0 spiro atoms. The van der Waals surface area contributed by atoms with Crippen LogP contribution in [0, 0.1) is 6.92 Å². The number of thioether (sulfide) groups is 2. The monoisotopic (exact) mass is 742 g/mol. The summed E-state index contributed by atoms with van der Waals surface area (Å²) < 4.78 is 9.68. The molecule has 256 valence electrons. The molecule has 0 saturated carbocycles. The normalized spacial score (nSPS) is 11.5. The van der Waals surface area contributed by atoms with Crippen LogP contribution in [0.15, 0.2) is 100 Å². The Morgan fingerprint density at radius 3 is 2.24 bits per heavy atom. The quantitative estimate of drug-likeness (QED) is 0.120. The molecule has 50 heavy (non-hydrogen) atoms. The smallest absolute Gasteiger partial charge is 0.234 e. The average Bonchev–Trinajstić information content (AvgIpc) is 3.70. The van der Waals surface area contributed by atoms with Gasteiger partial charge in [-0.1, -0.05) is 92.3 Å². The van der Waals surface area contributed by atoms with Gasteiger partial charge in [-0.05, 0) is 78.1 Å². The van der Waals surface area contributed by atoms with E-state index in [2.05, 4.69) is 58.7 Å². The highest BCUT2D eigenvalue weighted by atomic mass is 35.5. The van der Waals surface area contributed by atoms with Crippen molar-refractivity contribution in [1.82, 2.24) is 19.7 Å². The number of amides is 2. The first-order chi connectivity index (χ1) is 24.0. The number of aryl methyl sites for hydroxylation is 1. The van der Waals surface area contributed by atoms with Gasteiger partial charge in [-0.15, -0.1) is 21.5 Å². The number of hydrogen-bond donors (Lipinski definition) is 2. The van der Waals surface area contributed by atoms with Crippen molar-refractivity contribution in [3.63, 3.8) is 0 Å². The Kier molecular flexibility index (Phi) is 11.1. The van der Waals surface area contributed by atoms with Crippen LogP contribution >= 0.6 is 46.5 Å². The van der Waals surface area contributed by atoms with Crippen LogP contribution in [0.3, 0.4) is 0 Å². The lowest BCUT2D eigenvalue weighted by Gasteiger charge is -2.19. The summed E-state index contributed by atoms with van der Waals surface area (Å²) >= 11 is 10.3. The zero-order chi connectivity index (χ0) is 35.3. The number of rotatable bonds is 12. The number of aromatic nitrogens is 4.